The Labute approximate surface area is 339 Å². The van der Waals surface area contributed by atoms with Crippen LogP contribution in [0.5, 0.6) is 0 Å². The summed E-state index contributed by atoms with van der Waals surface area (Å²) < 4.78 is 4.59. The van der Waals surface area contributed by atoms with E-state index in [1.807, 2.05) is 24.3 Å². The van der Waals surface area contributed by atoms with Crippen LogP contribution in [0.4, 0.5) is 0 Å². The smallest absolute Gasteiger partial charge is 0.164 e. The Balaban J connectivity index is 1.09. The van der Waals surface area contributed by atoms with E-state index in [1.54, 1.807) is 11.3 Å². The van der Waals surface area contributed by atoms with E-state index in [9.17, 15) is 0 Å². The van der Waals surface area contributed by atoms with E-state index in [4.69, 9.17) is 19.9 Å². The minimum Gasteiger partial charge on any atom is -0.292 e. The van der Waals surface area contributed by atoms with Crippen LogP contribution in [0.25, 0.3) is 105 Å². The summed E-state index contributed by atoms with van der Waals surface area (Å²) in [4.78, 5) is 20.8. The zero-order valence-electron chi connectivity index (χ0n) is 31.2. The number of hydrogen-bond donors (Lipinski definition) is 0. The molecule has 0 spiro atoms. The largest absolute Gasteiger partial charge is 0.292 e. The predicted octanol–water partition coefficient (Wildman–Crippen LogP) is 13.6. The van der Waals surface area contributed by atoms with Gasteiger partial charge in [-0.05, 0) is 58.7 Å². The highest BCUT2D eigenvalue weighted by Crippen LogP contribution is 2.44. The van der Waals surface area contributed by atoms with E-state index >= 15 is 0 Å². The third kappa shape index (κ3) is 5.95. The number of rotatable bonds is 7. The lowest BCUT2D eigenvalue weighted by Gasteiger charge is -2.11. The number of aromatic nitrogens is 5. The van der Waals surface area contributed by atoms with Crippen molar-refractivity contribution < 1.29 is 0 Å². The van der Waals surface area contributed by atoms with Crippen LogP contribution in [0.15, 0.2) is 200 Å². The Morgan fingerprint density at radius 3 is 1.50 bits per heavy atom. The van der Waals surface area contributed by atoms with Gasteiger partial charge < -0.3 is 0 Å². The van der Waals surface area contributed by atoms with Crippen LogP contribution in [-0.2, 0) is 0 Å². The summed E-state index contributed by atoms with van der Waals surface area (Å²) in [5.41, 5.74) is 11.6. The summed E-state index contributed by atoms with van der Waals surface area (Å²) >= 11 is 1.78. The molecule has 8 aromatic carbocycles. The second-order valence-electron chi connectivity index (χ2n) is 14.3. The first kappa shape index (κ1) is 33.8. The molecule has 0 fully saturated rings. The third-order valence-corrected chi connectivity index (χ3v) is 11.9. The first-order valence-corrected chi connectivity index (χ1v) is 20.1. The van der Waals surface area contributed by atoms with E-state index < -0.39 is 0 Å². The van der Waals surface area contributed by atoms with Crippen LogP contribution in [-0.4, -0.2) is 24.5 Å². The van der Waals surface area contributed by atoms with Crippen molar-refractivity contribution in [3.63, 3.8) is 0 Å². The van der Waals surface area contributed by atoms with Crippen molar-refractivity contribution in [1.82, 2.24) is 24.5 Å². The van der Waals surface area contributed by atoms with Gasteiger partial charge in [-0.25, -0.2) is 19.9 Å². The third-order valence-electron chi connectivity index (χ3n) is 10.7. The van der Waals surface area contributed by atoms with Crippen molar-refractivity contribution in [3.8, 4) is 73.5 Å². The fourth-order valence-electron chi connectivity index (χ4n) is 7.89. The van der Waals surface area contributed by atoms with Crippen molar-refractivity contribution in [2.45, 2.75) is 0 Å². The average molecular weight is 760 g/mol. The van der Waals surface area contributed by atoms with E-state index in [1.165, 1.54) is 15.8 Å². The minimum atomic E-state index is 0.626. The van der Waals surface area contributed by atoms with Gasteiger partial charge >= 0.3 is 0 Å². The quantitative estimate of drug-likeness (QED) is 0.162. The summed E-state index contributed by atoms with van der Waals surface area (Å²) in [6, 6.07) is 69.6. The Morgan fingerprint density at radius 1 is 0.362 bits per heavy atom. The highest BCUT2D eigenvalue weighted by molar-refractivity contribution is 7.26. The molecule has 0 atom stereocenters. The second kappa shape index (κ2) is 14.2. The molecule has 0 aliphatic carbocycles. The van der Waals surface area contributed by atoms with Crippen molar-refractivity contribution in [2.24, 2.45) is 0 Å². The fourth-order valence-corrected chi connectivity index (χ4v) is 9.13. The van der Waals surface area contributed by atoms with Crippen LogP contribution >= 0.6 is 11.3 Å². The fraction of sp³-hybridized carbons (Fsp3) is 0. The highest BCUT2D eigenvalue weighted by atomic mass is 32.1. The second-order valence-corrected chi connectivity index (χ2v) is 15.3. The Kier molecular flexibility index (Phi) is 8.26. The lowest BCUT2D eigenvalue weighted by Crippen LogP contribution is -2.00. The normalized spacial score (nSPS) is 11.4. The molecule has 3 aromatic heterocycles. The molecule has 0 radical (unpaired) electrons. The number of thiophene rings is 1. The highest BCUT2D eigenvalue weighted by Gasteiger charge is 2.21. The van der Waals surface area contributed by atoms with Gasteiger partial charge in [0.2, 0.25) is 0 Å². The molecule has 0 N–H and O–H groups in total. The summed E-state index contributed by atoms with van der Waals surface area (Å²) in [5.74, 6) is 2.79. The topological polar surface area (TPSA) is 56.5 Å². The molecule has 0 saturated heterocycles. The van der Waals surface area contributed by atoms with Crippen molar-refractivity contribution >= 4 is 42.5 Å². The summed E-state index contributed by atoms with van der Waals surface area (Å²) in [7, 11) is 0. The number of imidazole rings is 1. The van der Waals surface area contributed by atoms with E-state index in [0.29, 0.717) is 17.5 Å². The van der Waals surface area contributed by atoms with E-state index in [2.05, 4.69) is 180 Å². The first-order chi connectivity index (χ1) is 28.7. The predicted molar refractivity (Wildman–Crippen MR) is 240 cm³/mol. The van der Waals surface area contributed by atoms with Crippen molar-refractivity contribution in [2.75, 3.05) is 0 Å². The van der Waals surface area contributed by atoms with E-state index in [-0.39, 0.29) is 0 Å². The zero-order chi connectivity index (χ0) is 38.4. The molecule has 58 heavy (non-hydrogen) atoms. The van der Waals surface area contributed by atoms with Crippen LogP contribution in [0.2, 0.25) is 0 Å². The van der Waals surface area contributed by atoms with Crippen molar-refractivity contribution in [1.29, 1.82) is 0 Å². The molecule has 3 heterocycles. The number of benzene rings is 8. The molecule has 5 nitrogen and oxygen atoms in total. The maximum atomic E-state index is 5.24. The molecular formula is C52H33N5S. The molecule has 0 aliphatic heterocycles. The molecule has 272 valence electrons. The standard InChI is InChI=1S/C52H33N5S/c1-4-14-34(15-5-1)36-26-30-38(31-27-36)49-54-50(39-32-28-37(29-33-39)35-16-6-2-7-17-35)56-51(55-49)42-21-13-25-46-47(42)41-20-12-22-43(48(41)58-46)52-53-44-23-10-11-24-45(44)57(52)40-18-8-3-9-19-40/h1-33H. The number of hydrogen-bond acceptors (Lipinski definition) is 5. The van der Waals surface area contributed by atoms with E-state index in [0.717, 1.165) is 71.4 Å². The molecule has 0 unspecified atom stereocenters. The number of nitrogens with zero attached hydrogens (tertiary/aromatic N) is 5. The van der Waals surface area contributed by atoms with Gasteiger partial charge in [0.15, 0.2) is 17.5 Å². The number of fused-ring (bicyclic) bond motifs is 4. The van der Waals surface area contributed by atoms with Crippen LogP contribution < -0.4 is 0 Å². The Morgan fingerprint density at radius 2 is 0.862 bits per heavy atom. The van der Waals surface area contributed by atoms with Gasteiger partial charge in [0, 0.05) is 48.1 Å². The van der Waals surface area contributed by atoms with Crippen molar-refractivity contribution in [3.05, 3.63) is 200 Å². The molecule has 0 amide bonds. The summed E-state index contributed by atoms with van der Waals surface area (Å²) in [6.07, 6.45) is 0. The van der Waals surface area contributed by atoms with Crippen LogP contribution in [0, 0.1) is 0 Å². The van der Waals surface area contributed by atoms with Gasteiger partial charge in [-0.1, -0.05) is 164 Å². The molecule has 0 aliphatic rings. The van der Waals surface area contributed by atoms with Crippen LogP contribution in [0.3, 0.4) is 0 Å². The summed E-state index contributed by atoms with van der Waals surface area (Å²) in [5, 5.41) is 2.26. The van der Waals surface area contributed by atoms with Gasteiger partial charge in [0.1, 0.15) is 5.82 Å². The van der Waals surface area contributed by atoms with Gasteiger partial charge in [0.05, 0.1) is 11.0 Å². The molecule has 6 heteroatoms. The maximum Gasteiger partial charge on any atom is 0.164 e. The SMILES string of the molecule is c1ccc(-c2ccc(-c3nc(-c4ccc(-c5ccccc5)cc4)nc(-c4cccc5sc6c(-c7nc8ccccc8n7-c7ccccc7)cccc6c45)n3)cc2)cc1. The van der Waals surface area contributed by atoms with Gasteiger partial charge in [-0.2, -0.15) is 0 Å². The van der Waals surface area contributed by atoms with Gasteiger partial charge in [0.25, 0.3) is 0 Å². The Bertz CT molecular complexity index is 3140. The van der Waals surface area contributed by atoms with Gasteiger partial charge in [-0.3, -0.25) is 4.57 Å². The molecule has 11 rings (SSSR count). The minimum absolute atomic E-state index is 0.626. The Hall–Kier alpha value is -7.54. The molecular weight excluding hydrogens is 727 g/mol. The number of para-hydroxylation sites is 3. The molecule has 0 saturated carbocycles. The molecule has 11 aromatic rings. The summed E-state index contributed by atoms with van der Waals surface area (Å²) in [6.45, 7) is 0. The lowest BCUT2D eigenvalue weighted by atomic mass is 10.0. The lowest BCUT2D eigenvalue weighted by molar-refractivity contribution is 1.08. The maximum absolute atomic E-state index is 5.24. The monoisotopic (exact) mass is 759 g/mol. The molecule has 0 bridgehead atoms. The van der Waals surface area contributed by atoms with Crippen LogP contribution in [0.1, 0.15) is 0 Å². The zero-order valence-corrected chi connectivity index (χ0v) is 32.0. The first-order valence-electron chi connectivity index (χ1n) is 19.3. The average Bonchev–Trinajstić information content (AvgIpc) is 3.89. The van der Waals surface area contributed by atoms with Gasteiger partial charge in [-0.15, -0.1) is 11.3 Å².